The Morgan fingerprint density at radius 1 is 1.04 bits per heavy atom. The maximum atomic E-state index is 12.0. The van der Waals surface area contributed by atoms with Crippen molar-refractivity contribution in [3.05, 3.63) is 52.6 Å². The Balaban J connectivity index is 1.98. The number of nitrogens with one attached hydrogen (secondary N) is 1. The molecule has 0 aliphatic heterocycles. The summed E-state index contributed by atoms with van der Waals surface area (Å²) in [6, 6.07) is 9.42. The maximum absolute atomic E-state index is 12.0. The predicted molar refractivity (Wildman–Crippen MR) is 101 cm³/mol. The van der Waals surface area contributed by atoms with Gasteiger partial charge in [-0.15, -0.1) is 0 Å². The molecule has 0 aromatic heterocycles. The molecule has 26 heavy (non-hydrogen) atoms. The van der Waals surface area contributed by atoms with Crippen molar-refractivity contribution in [3.63, 3.8) is 0 Å². The van der Waals surface area contributed by atoms with Gasteiger partial charge in [0.2, 0.25) is 0 Å². The van der Waals surface area contributed by atoms with E-state index in [1.165, 1.54) is 6.21 Å². The molecule has 1 N–H and O–H groups in total. The van der Waals surface area contributed by atoms with Gasteiger partial charge in [-0.3, -0.25) is 4.79 Å². The molecule has 0 aliphatic carbocycles. The lowest BCUT2D eigenvalue weighted by atomic mass is 10.1. The Hall–Kier alpha value is -3.02. The van der Waals surface area contributed by atoms with Crippen LogP contribution in [-0.4, -0.2) is 32.9 Å². The molecule has 0 heterocycles. The van der Waals surface area contributed by atoms with E-state index >= 15 is 0 Å². The highest BCUT2D eigenvalue weighted by Gasteiger charge is 2.10. The molecule has 0 atom stereocenters. The number of carbonyl (C=O) groups is 1. The van der Waals surface area contributed by atoms with E-state index in [1.54, 1.807) is 20.3 Å². The summed E-state index contributed by atoms with van der Waals surface area (Å²) in [6.45, 7) is 5.82. The minimum atomic E-state index is -0.344. The SMILES string of the molecule is COc1cccc(C=NNC(=O)COc2c(C)ccc(C)c2C)c1OC. The number of nitrogens with zero attached hydrogens (tertiary/aromatic N) is 1. The van der Waals surface area contributed by atoms with Gasteiger partial charge in [-0.1, -0.05) is 18.2 Å². The quantitative estimate of drug-likeness (QED) is 0.611. The monoisotopic (exact) mass is 356 g/mol. The van der Waals surface area contributed by atoms with Gasteiger partial charge in [-0.2, -0.15) is 5.10 Å². The van der Waals surface area contributed by atoms with Crippen LogP contribution in [0.5, 0.6) is 17.2 Å². The second-order valence-electron chi connectivity index (χ2n) is 5.82. The summed E-state index contributed by atoms with van der Waals surface area (Å²) >= 11 is 0. The zero-order valence-corrected chi connectivity index (χ0v) is 15.8. The van der Waals surface area contributed by atoms with Crippen LogP contribution in [0.2, 0.25) is 0 Å². The number of aryl methyl sites for hydroxylation is 2. The van der Waals surface area contributed by atoms with Crippen molar-refractivity contribution in [2.45, 2.75) is 20.8 Å². The van der Waals surface area contributed by atoms with Gasteiger partial charge in [-0.25, -0.2) is 5.43 Å². The summed E-state index contributed by atoms with van der Waals surface area (Å²) in [7, 11) is 3.11. The Morgan fingerprint density at radius 2 is 1.77 bits per heavy atom. The Bertz CT molecular complexity index is 816. The number of amides is 1. The van der Waals surface area contributed by atoms with Gasteiger partial charge in [0.25, 0.3) is 5.91 Å². The van der Waals surface area contributed by atoms with Gasteiger partial charge >= 0.3 is 0 Å². The number of rotatable bonds is 7. The van der Waals surface area contributed by atoms with Gasteiger partial charge in [0.15, 0.2) is 18.1 Å². The number of hydrogen-bond donors (Lipinski definition) is 1. The van der Waals surface area contributed by atoms with Crippen molar-refractivity contribution in [1.29, 1.82) is 0 Å². The first-order valence-electron chi connectivity index (χ1n) is 8.20. The number of ether oxygens (including phenoxy) is 3. The number of hydrazone groups is 1. The highest BCUT2D eigenvalue weighted by Crippen LogP contribution is 2.29. The molecule has 2 aromatic carbocycles. The lowest BCUT2D eigenvalue weighted by Crippen LogP contribution is -2.25. The van der Waals surface area contributed by atoms with Crippen molar-refractivity contribution in [1.82, 2.24) is 5.43 Å². The molecular weight excluding hydrogens is 332 g/mol. The molecule has 2 rings (SSSR count). The zero-order valence-electron chi connectivity index (χ0n) is 15.8. The molecular formula is C20H24N2O4. The van der Waals surface area contributed by atoms with Crippen LogP contribution in [0.25, 0.3) is 0 Å². The molecule has 0 saturated heterocycles. The highest BCUT2D eigenvalue weighted by atomic mass is 16.5. The second kappa shape index (κ2) is 8.89. The summed E-state index contributed by atoms with van der Waals surface area (Å²) < 4.78 is 16.2. The summed E-state index contributed by atoms with van der Waals surface area (Å²) in [6.07, 6.45) is 1.50. The van der Waals surface area contributed by atoms with Gasteiger partial charge in [-0.05, 0) is 49.6 Å². The molecule has 0 bridgehead atoms. The van der Waals surface area contributed by atoms with Crippen LogP contribution in [0.4, 0.5) is 0 Å². The smallest absolute Gasteiger partial charge is 0.277 e. The molecule has 1 amide bonds. The zero-order chi connectivity index (χ0) is 19.1. The number of para-hydroxylation sites is 1. The minimum Gasteiger partial charge on any atom is -0.493 e. The third-order valence-corrected chi connectivity index (χ3v) is 4.05. The fourth-order valence-electron chi connectivity index (χ4n) is 2.51. The lowest BCUT2D eigenvalue weighted by molar-refractivity contribution is -0.123. The van der Waals surface area contributed by atoms with Crippen LogP contribution in [0.15, 0.2) is 35.4 Å². The van der Waals surface area contributed by atoms with E-state index in [-0.39, 0.29) is 12.5 Å². The van der Waals surface area contributed by atoms with E-state index < -0.39 is 0 Å². The molecule has 0 fully saturated rings. The summed E-state index contributed by atoms with van der Waals surface area (Å²) in [5, 5.41) is 3.96. The van der Waals surface area contributed by atoms with Crippen LogP contribution in [0, 0.1) is 20.8 Å². The van der Waals surface area contributed by atoms with Gasteiger partial charge in [0.05, 0.1) is 20.4 Å². The van der Waals surface area contributed by atoms with Crippen LogP contribution in [0.1, 0.15) is 22.3 Å². The predicted octanol–water partition coefficient (Wildman–Crippen LogP) is 3.16. The van der Waals surface area contributed by atoms with Crippen LogP contribution in [-0.2, 0) is 4.79 Å². The maximum Gasteiger partial charge on any atom is 0.277 e. The molecule has 0 aliphatic rings. The molecule has 0 spiro atoms. The first-order chi connectivity index (χ1) is 12.5. The van der Waals surface area contributed by atoms with E-state index in [4.69, 9.17) is 14.2 Å². The normalized spacial score (nSPS) is 10.7. The first-order valence-corrected chi connectivity index (χ1v) is 8.20. The molecule has 2 aromatic rings. The van der Waals surface area contributed by atoms with E-state index in [9.17, 15) is 4.79 Å². The third kappa shape index (κ3) is 4.53. The summed E-state index contributed by atoms with van der Waals surface area (Å²) in [5.41, 5.74) is 6.29. The number of benzene rings is 2. The highest BCUT2D eigenvalue weighted by molar-refractivity contribution is 5.86. The van der Waals surface area contributed by atoms with Crippen LogP contribution in [0.3, 0.4) is 0 Å². The Labute approximate surface area is 153 Å². The van der Waals surface area contributed by atoms with Crippen molar-refractivity contribution < 1.29 is 19.0 Å². The second-order valence-corrected chi connectivity index (χ2v) is 5.82. The van der Waals surface area contributed by atoms with E-state index in [1.807, 2.05) is 45.0 Å². The van der Waals surface area contributed by atoms with E-state index in [0.29, 0.717) is 17.1 Å². The molecule has 0 saturated carbocycles. The fourth-order valence-corrected chi connectivity index (χ4v) is 2.51. The average Bonchev–Trinajstić information content (AvgIpc) is 2.64. The molecule has 6 heteroatoms. The standard InChI is InChI=1S/C20H24N2O4/c1-13-9-10-14(2)19(15(13)3)26-12-18(23)22-21-11-16-7-6-8-17(24-4)20(16)25-5/h6-11H,12H2,1-5H3,(H,22,23). The van der Waals surface area contributed by atoms with E-state index in [2.05, 4.69) is 10.5 Å². The van der Waals surface area contributed by atoms with Crippen molar-refractivity contribution in [3.8, 4) is 17.2 Å². The van der Waals surface area contributed by atoms with Crippen LogP contribution < -0.4 is 19.6 Å². The largest absolute Gasteiger partial charge is 0.493 e. The third-order valence-electron chi connectivity index (χ3n) is 4.05. The molecule has 0 radical (unpaired) electrons. The van der Waals surface area contributed by atoms with Gasteiger partial charge in [0.1, 0.15) is 5.75 Å². The van der Waals surface area contributed by atoms with Gasteiger partial charge in [0, 0.05) is 5.56 Å². The summed E-state index contributed by atoms with van der Waals surface area (Å²) in [4.78, 5) is 12.0. The lowest BCUT2D eigenvalue weighted by Gasteiger charge is -2.13. The van der Waals surface area contributed by atoms with Crippen molar-refractivity contribution >= 4 is 12.1 Å². The Kier molecular flexibility index (Phi) is 6.60. The van der Waals surface area contributed by atoms with E-state index in [0.717, 1.165) is 22.4 Å². The molecule has 0 unspecified atom stereocenters. The summed E-state index contributed by atoms with van der Waals surface area (Å²) in [5.74, 6) is 1.54. The molecule has 138 valence electrons. The number of methoxy groups -OCH3 is 2. The van der Waals surface area contributed by atoms with Crippen molar-refractivity contribution in [2.75, 3.05) is 20.8 Å². The van der Waals surface area contributed by atoms with Crippen molar-refractivity contribution in [2.24, 2.45) is 5.10 Å². The average molecular weight is 356 g/mol. The number of carbonyl (C=O) groups excluding carboxylic acids is 1. The number of hydrogen-bond acceptors (Lipinski definition) is 5. The fraction of sp³-hybridized carbons (Fsp3) is 0.300. The Morgan fingerprint density at radius 3 is 2.46 bits per heavy atom. The van der Waals surface area contributed by atoms with Gasteiger partial charge < -0.3 is 14.2 Å². The molecule has 6 nitrogen and oxygen atoms in total. The van der Waals surface area contributed by atoms with Crippen LogP contribution >= 0.6 is 0 Å². The topological polar surface area (TPSA) is 69.2 Å². The minimum absolute atomic E-state index is 0.113. The first kappa shape index (κ1) is 19.3.